The van der Waals surface area contributed by atoms with Gasteiger partial charge in [0.1, 0.15) is 18.2 Å². The highest BCUT2D eigenvalue weighted by Crippen LogP contribution is 2.30. The Bertz CT molecular complexity index is 1280. The van der Waals surface area contributed by atoms with E-state index in [9.17, 15) is 10.1 Å². The van der Waals surface area contributed by atoms with Gasteiger partial charge in [-0.2, -0.15) is 10.4 Å². The first-order chi connectivity index (χ1) is 17.5. The normalized spacial score (nSPS) is 10.6. The van der Waals surface area contributed by atoms with E-state index in [0.29, 0.717) is 39.4 Å². The van der Waals surface area contributed by atoms with Gasteiger partial charge in [-0.3, -0.25) is 4.79 Å². The van der Waals surface area contributed by atoms with Crippen LogP contribution in [0.3, 0.4) is 0 Å². The number of halogens is 1. The molecule has 0 spiro atoms. The first kappa shape index (κ1) is 26.7. The van der Waals surface area contributed by atoms with E-state index in [-0.39, 0.29) is 24.7 Å². The fourth-order valence-corrected chi connectivity index (χ4v) is 3.58. The number of benzene rings is 2. The number of nitrogens with zero attached hydrogens (tertiary/aromatic N) is 3. The van der Waals surface area contributed by atoms with Crippen LogP contribution in [0.5, 0.6) is 17.4 Å². The Hall–Kier alpha value is -3.94. The molecule has 36 heavy (non-hydrogen) atoms. The van der Waals surface area contributed by atoms with E-state index in [4.69, 9.17) is 18.9 Å². The molecule has 0 radical (unpaired) electrons. The molecule has 1 heterocycles. The highest BCUT2D eigenvalue weighted by molar-refractivity contribution is 9.10. The quantitative estimate of drug-likeness (QED) is 0.278. The van der Waals surface area contributed by atoms with Crippen LogP contribution in [0.4, 0.5) is 0 Å². The fourth-order valence-electron chi connectivity index (χ4n) is 3.18. The Balaban J connectivity index is 1.58. The van der Waals surface area contributed by atoms with Crippen molar-refractivity contribution < 1.29 is 23.7 Å². The molecule has 0 saturated heterocycles. The third kappa shape index (κ3) is 7.04. The van der Waals surface area contributed by atoms with Crippen molar-refractivity contribution in [3.05, 3.63) is 81.0 Å². The Kier molecular flexibility index (Phi) is 9.80. The lowest BCUT2D eigenvalue weighted by molar-refractivity contribution is -0.123. The minimum atomic E-state index is -0.513. The number of carbonyl (C=O) groups excluding carboxylic acids is 1. The molecular weight excluding hydrogens is 528 g/mol. The minimum Gasteiger partial charge on any atom is -0.493 e. The summed E-state index contributed by atoms with van der Waals surface area (Å²) < 4.78 is 22.6. The standard InChI is InChI=1S/C26H25BrN4O5/c1-17-25(27)21(15-33-2)20(12-28)26(30-17)36-16-24(32)31-29-13-19-9-10-22(23(11-19)34-3)35-14-18-7-5-4-6-8-18/h4-11,13H,14-16H2,1-3H3,(H,31,32)/b29-13+. The zero-order valence-electron chi connectivity index (χ0n) is 20.1. The molecule has 186 valence electrons. The highest BCUT2D eigenvalue weighted by Gasteiger charge is 2.18. The number of hydrazone groups is 1. The van der Waals surface area contributed by atoms with Crippen LogP contribution >= 0.6 is 15.9 Å². The Morgan fingerprint density at radius 2 is 1.92 bits per heavy atom. The number of hydrogen-bond acceptors (Lipinski definition) is 8. The summed E-state index contributed by atoms with van der Waals surface area (Å²) in [7, 11) is 3.08. The Labute approximate surface area is 217 Å². The second-order valence-electron chi connectivity index (χ2n) is 7.48. The van der Waals surface area contributed by atoms with E-state index in [1.807, 2.05) is 30.3 Å². The summed E-state index contributed by atoms with van der Waals surface area (Å²) in [5.74, 6) is 0.673. The van der Waals surface area contributed by atoms with Gasteiger partial charge in [-0.25, -0.2) is 10.4 Å². The number of pyridine rings is 1. The first-order valence-corrected chi connectivity index (χ1v) is 11.6. The summed E-state index contributed by atoms with van der Waals surface area (Å²) in [4.78, 5) is 16.5. The summed E-state index contributed by atoms with van der Waals surface area (Å²) in [5, 5.41) is 13.5. The number of nitrogens with one attached hydrogen (secondary N) is 1. The smallest absolute Gasteiger partial charge is 0.278 e. The molecule has 3 aromatic rings. The maximum atomic E-state index is 12.2. The lowest BCUT2D eigenvalue weighted by Crippen LogP contribution is -2.25. The van der Waals surface area contributed by atoms with Crippen molar-refractivity contribution in [2.75, 3.05) is 20.8 Å². The molecule has 0 aliphatic carbocycles. The second-order valence-corrected chi connectivity index (χ2v) is 8.27. The Morgan fingerprint density at radius 3 is 2.61 bits per heavy atom. The van der Waals surface area contributed by atoms with Crippen LogP contribution in [0, 0.1) is 18.3 Å². The number of ether oxygens (including phenoxy) is 4. The molecular formula is C26H25BrN4O5. The maximum Gasteiger partial charge on any atom is 0.278 e. The molecule has 10 heteroatoms. The number of aromatic nitrogens is 1. The van der Waals surface area contributed by atoms with Crippen LogP contribution in [0.25, 0.3) is 0 Å². The molecule has 0 unspecified atom stereocenters. The number of nitriles is 1. The molecule has 2 aromatic carbocycles. The summed E-state index contributed by atoms with van der Waals surface area (Å²) in [6, 6.07) is 17.2. The van der Waals surface area contributed by atoms with Crippen LogP contribution < -0.4 is 19.6 Å². The number of aryl methyl sites for hydroxylation is 1. The van der Waals surface area contributed by atoms with E-state index >= 15 is 0 Å². The van der Waals surface area contributed by atoms with Gasteiger partial charge in [0.05, 0.1) is 25.6 Å². The van der Waals surface area contributed by atoms with E-state index in [2.05, 4.69) is 37.5 Å². The van der Waals surface area contributed by atoms with E-state index in [1.165, 1.54) is 13.3 Å². The van der Waals surface area contributed by atoms with Crippen molar-refractivity contribution in [3.8, 4) is 23.4 Å². The monoisotopic (exact) mass is 552 g/mol. The second kappa shape index (κ2) is 13.2. The molecule has 0 aliphatic rings. The zero-order valence-corrected chi connectivity index (χ0v) is 21.7. The number of methoxy groups -OCH3 is 2. The van der Waals surface area contributed by atoms with E-state index in [0.717, 1.165) is 5.56 Å². The van der Waals surface area contributed by atoms with Crippen molar-refractivity contribution in [1.29, 1.82) is 5.26 Å². The maximum absolute atomic E-state index is 12.2. The number of amides is 1. The SMILES string of the molecule is COCc1c(Br)c(C)nc(OCC(=O)N/N=C/c2ccc(OCc3ccccc3)c(OC)c2)c1C#N. The van der Waals surface area contributed by atoms with Crippen LogP contribution in [-0.2, 0) is 22.7 Å². The topological polar surface area (TPSA) is 115 Å². The number of carbonyl (C=O) groups is 1. The lowest BCUT2D eigenvalue weighted by Gasteiger charge is -2.13. The minimum absolute atomic E-state index is 0.0557. The summed E-state index contributed by atoms with van der Waals surface area (Å²) in [5.41, 5.74) is 5.54. The van der Waals surface area contributed by atoms with Gasteiger partial charge >= 0.3 is 0 Å². The van der Waals surface area contributed by atoms with Gasteiger partial charge in [0.15, 0.2) is 18.1 Å². The van der Waals surface area contributed by atoms with Crippen LogP contribution in [0.1, 0.15) is 27.9 Å². The average Bonchev–Trinajstić information content (AvgIpc) is 2.90. The van der Waals surface area contributed by atoms with Crippen molar-refractivity contribution >= 4 is 28.1 Å². The molecule has 1 amide bonds. The van der Waals surface area contributed by atoms with Crippen molar-refractivity contribution in [1.82, 2.24) is 10.4 Å². The van der Waals surface area contributed by atoms with Gasteiger partial charge in [-0.05, 0) is 52.2 Å². The molecule has 0 fully saturated rings. The van der Waals surface area contributed by atoms with Gasteiger partial charge in [0.2, 0.25) is 5.88 Å². The largest absolute Gasteiger partial charge is 0.493 e. The summed E-state index contributed by atoms with van der Waals surface area (Å²) >= 11 is 3.41. The average molecular weight is 553 g/mol. The van der Waals surface area contributed by atoms with Crippen LogP contribution in [0.2, 0.25) is 0 Å². The molecule has 3 rings (SSSR count). The van der Waals surface area contributed by atoms with Crippen molar-refractivity contribution in [2.45, 2.75) is 20.1 Å². The molecule has 1 aromatic heterocycles. The summed E-state index contributed by atoms with van der Waals surface area (Å²) in [6.45, 7) is 1.99. The molecule has 1 N–H and O–H groups in total. The number of rotatable bonds is 11. The fraction of sp³-hybridized carbons (Fsp3) is 0.231. The van der Waals surface area contributed by atoms with Gasteiger partial charge in [0, 0.05) is 17.1 Å². The van der Waals surface area contributed by atoms with Crippen LogP contribution in [0.15, 0.2) is 58.1 Å². The predicted molar refractivity (Wildman–Crippen MR) is 137 cm³/mol. The van der Waals surface area contributed by atoms with Gasteiger partial charge in [-0.1, -0.05) is 30.3 Å². The predicted octanol–water partition coefficient (Wildman–Crippen LogP) is 4.29. The van der Waals surface area contributed by atoms with Crippen molar-refractivity contribution in [2.24, 2.45) is 5.10 Å². The molecule has 0 atom stereocenters. The van der Waals surface area contributed by atoms with Gasteiger partial charge < -0.3 is 18.9 Å². The third-order valence-electron chi connectivity index (χ3n) is 4.94. The highest BCUT2D eigenvalue weighted by atomic mass is 79.9. The van der Waals surface area contributed by atoms with Crippen molar-refractivity contribution in [3.63, 3.8) is 0 Å². The van der Waals surface area contributed by atoms with E-state index in [1.54, 1.807) is 32.2 Å². The molecule has 0 saturated carbocycles. The molecule has 0 aliphatic heterocycles. The number of hydrogen-bond donors (Lipinski definition) is 1. The summed E-state index contributed by atoms with van der Waals surface area (Å²) in [6.07, 6.45) is 1.47. The van der Waals surface area contributed by atoms with E-state index < -0.39 is 5.91 Å². The molecule has 9 nitrogen and oxygen atoms in total. The van der Waals surface area contributed by atoms with Gasteiger partial charge in [-0.15, -0.1) is 0 Å². The lowest BCUT2D eigenvalue weighted by atomic mass is 10.1. The van der Waals surface area contributed by atoms with Gasteiger partial charge in [0.25, 0.3) is 5.91 Å². The Morgan fingerprint density at radius 1 is 1.14 bits per heavy atom. The zero-order chi connectivity index (χ0) is 25.9. The third-order valence-corrected chi connectivity index (χ3v) is 5.99. The molecule has 0 bridgehead atoms. The first-order valence-electron chi connectivity index (χ1n) is 10.8. The van der Waals surface area contributed by atoms with Crippen LogP contribution in [-0.4, -0.2) is 37.9 Å².